The van der Waals surface area contributed by atoms with E-state index in [1.54, 1.807) is 24.3 Å². The molecule has 2 fully saturated rings. The zero-order valence-electron chi connectivity index (χ0n) is 17.8. The highest BCUT2D eigenvalue weighted by molar-refractivity contribution is 6.21. The van der Waals surface area contributed by atoms with Crippen LogP contribution < -0.4 is 14.5 Å². The number of nitrogens with zero attached hydrogens (tertiary/aromatic N) is 2. The van der Waals surface area contributed by atoms with E-state index in [4.69, 9.17) is 4.74 Å². The van der Waals surface area contributed by atoms with Crippen LogP contribution in [-0.2, 0) is 9.59 Å². The fraction of sp³-hybridized carbons (Fsp3) is 0.375. The number of quaternary nitrogens is 1. The molecule has 7 heteroatoms. The van der Waals surface area contributed by atoms with Crippen LogP contribution in [0.2, 0.25) is 0 Å². The second-order valence-corrected chi connectivity index (χ2v) is 7.98. The maximum absolute atomic E-state index is 13.1. The lowest BCUT2D eigenvalue weighted by Crippen LogP contribution is -3.19. The van der Waals surface area contributed by atoms with Gasteiger partial charge < -0.3 is 14.5 Å². The van der Waals surface area contributed by atoms with Crippen LogP contribution in [0.15, 0.2) is 54.6 Å². The molecule has 2 aromatic rings. The molecular formula is C24H28N3O4+. The highest BCUT2D eigenvalue weighted by Gasteiger charge is 2.46. The predicted molar refractivity (Wildman–Crippen MR) is 116 cm³/mol. The average Bonchev–Trinajstić information content (AvgIpc) is 3.12. The smallest absolute Gasteiger partial charge is 0.292 e. The number of ether oxygens (including phenoxy) is 1. The van der Waals surface area contributed by atoms with Crippen LogP contribution in [0.1, 0.15) is 30.1 Å². The van der Waals surface area contributed by atoms with Crippen LogP contribution in [0.25, 0.3) is 0 Å². The van der Waals surface area contributed by atoms with Crippen molar-refractivity contribution in [1.82, 2.24) is 4.90 Å². The van der Waals surface area contributed by atoms with Gasteiger partial charge in [-0.15, -0.1) is 0 Å². The number of piperazine rings is 1. The first kappa shape index (κ1) is 21.1. The molecule has 2 saturated heterocycles. The molecule has 3 amide bonds. The SMILES string of the molecule is CCCOc1ccc(N2C(=O)C[C@@H]([NH+]3CCN(C(=O)c4ccccc4)CC3)C2=O)cc1. The Balaban J connectivity index is 1.37. The van der Waals surface area contributed by atoms with Crippen LogP contribution >= 0.6 is 0 Å². The van der Waals surface area contributed by atoms with Crippen molar-refractivity contribution >= 4 is 23.4 Å². The highest BCUT2D eigenvalue weighted by Crippen LogP contribution is 2.24. The number of carbonyl (C=O) groups excluding carboxylic acids is 3. The van der Waals surface area contributed by atoms with Crippen molar-refractivity contribution in [2.75, 3.05) is 37.7 Å². The Morgan fingerprint density at radius 2 is 1.71 bits per heavy atom. The standard InChI is InChI=1S/C24H27N3O4/c1-2-16-31-20-10-8-19(9-11-20)27-22(28)17-21(24(27)30)25-12-14-26(15-13-25)23(29)18-6-4-3-5-7-18/h3-11,21H,2,12-17H2,1H3/p+1/t21-/m1/s1. The summed E-state index contributed by atoms with van der Waals surface area (Å²) in [5.74, 6) is 0.407. The minimum Gasteiger partial charge on any atom is -0.494 e. The third-order valence-electron chi connectivity index (χ3n) is 5.92. The van der Waals surface area contributed by atoms with Crippen LogP contribution in [-0.4, -0.2) is 61.4 Å². The van der Waals surface area contributed by atoms with Gasteiger partial charge in [-0.2, -0.15) is 0 Å². The largest absolute Gasteiger partial charge is 0.494 e. The van der Waals surface area contributed by atoms with Gasteiger partial charge in [-0.1, -0.05) is 25.1 Å². The average molecular weight is 423 g/mol. The summed E-state index contributed by atoms with van der Waals surface area (Å²) < 4.78 is 5.58. The van der Waals surface area contributed by atoms with E-state index in [0.717, 1.165) is 17.1 Å². The van der Waals surface area contributed by atoms with E-state index in [1.807, 2.05) is 42.2 Å². The maximum Gasteiger partial charge on any atom is 0.292 e. The van der Waals surface area contributed by atoms with E-state index in [2.05, 4.69) is 0 Å². The van der Waals surface area contributed by atoms with Crippen molar-refractivity contribution in [2.45, 2.75) is 25.8 Å². The van der Waals surface area contributed by atoms with Crippen molar-refractivity contribution in [3.63, 3.8) is 0 Å². The number of amides is 3. The molecule has 0 bridgehead atoms. The number of hydrogen-bond acceptors (Lipinski definition) is 4. The van der Waals surface area contributed by atoms with Crippen LogP contribution in [0.5, 0.6) is 5.75 Å². The molecule has 0 radical (unpaired) electrons. The molecular weight excluding hydrogens is 394 g/mol. The number of carbonyl (C=O) groups is 3. The summed E-state index contributed by atoms with van der Waals surface area (Å²) in [6.45, 7) is 5.12. The Morgan fingerprint density at radius 3 is 2.35 bits per heavy atom. The van der Waals surface area contributed by atoms with Crippen molar-refractivity contribution in [3.8, 4) is 5.75 Å². The summed E-state index contributed by atoms with van der Waals surface area (Å²) >= 11 is 0. The Morgan fingerprint density at radius 1 is 1.03 bits per heavy atom. The summed E-state index contributed by atoms with van der Waals surface area (Å²) in [5.41, 5.74) is 1.26. The fourth-order valence-corrected chi connectivity index (χ4v) is 4.24. The third kappa shape index (κ3) is 4.46. The Hall–Kier alpha value is -3.19. The molecule has 7 nitrogen and oxygen atoms in total. The summed E-state index contributed by atoms with van der Waals surface area (Å²) in [4.78, 5) is 42.6. The first-order valence-corrected chi connectivity index (χ1v) is 10.9. The number of nitrogens with one attached hydrogen (secondary N) is 1. The lowest BCUT2D eigenvalue weighted by atomic mass is 10.1. The maximum atomic E-state index is 13.1. The zero-order chi connectivity index (χ0) is 21.8. The van der Waals surface area contributed by atoms with Gasteiger partial charge in [0.05, 0.1) is 44.9 Å². The van der Waals surface area contributed by atoms with Gasteiger partial charge >= 0.3 is 0 Å². The molecule has 2 aliphatic rings. The lowest BCUT2D eigenvalue weighted by molar-refractivity contribution is -0.918. The number of rotatable bonds is 6. The van der Waals surface area contributed by atoms with Gasteiger partial charge in [-0.05, 0) is 42.8 Å². The first-order chi connectivity index (χ1) is 15.1. The van der Waals surface area contributed by atoms with Crippen LogP contribution in [0.4, 0.5) is 5.69 Å². The summed E-state index contributed by atoms with van der Waals surface area (Å²) in [6, 6.07) is 15.9. The number of benzene rings is 2. The van der Waals surface area contributed by atoms with Crippen LogP contribution in [0.3, 0.4) is 0 Å². The minimum atomic E-state index is -0.391. The van der Waals surface area contributed by atoms with Gasteiger partial charge in [-0.25, -0.2) is 4.90 Å². The van der Waals surface area contributed by atoms with E-state index >= 15 is 0 Å². The van der Waals surface area contributed by atoms with Crippen molar-refractivity contribution < 1.29 is 24.0 Å². The second-order valence-electron chi connectivity index (χ2n) is 7.98. The van der Waals surface area contributed by atoms with E-state index in [9.17, 15) is 14.4 Å². The van der Waals surface area contributed by atoms with E-state index < -0.39 is 6.04 Å². The Kier molecular flexibility index (Phi) is 6.32. The Bertz CT molecular complexity index is 937. The fourth-order valence-electron chi connectivity index (χ4n) is 4.24. The van der Waals surface area contributed by atoms with Gasteiger partial charge in [0, 0.05) is 5.56 Å². The van der Waals surface area contributed by atoms with Gasteiger partial charge in [0.15, 0.2) is 6.04 Å². The molecule has 0 saturated carbocycles. The summed E-state index contributed by atoms with van der Waals surface area (Å²) in [5, 5.41) is 0. The van der Waals surface area contributed by atoms with Gasteiger partial charge in [0.1, 0.15) is 5.75 Å². The summed E-state index contributed by atoms with van der Waals surface area (Å²) in [7, 11) is 0. The minimum absolute atomic E-state index is 0.0143. The molecule has 0 aromatic heterocycles. The topological polar surface area (TPSA) is 71.4 Å². The van der Waals surface area contributed by atoms with Gasteiger partial charge in [0.2, 0.25) is 5.91 Å². The predicted octanol–water partition coefficient (Wildman–Crippen LogP) is 1.15. The molecule has 0 spiro atoms. The molecule has 162 valence electrons. The number of imide groups is 1. The molecule has 1 N–H and O–H groups in total. The van der Waals surface area contributed by atoms with E-state index in [0.29, 0.717) is 44.0 Å². The number of hydrogen-bond donors (Lipinski definition) is 1. The third-order valence-corrected chi connectivity index (χ3v) is 5.92. The van der Waals surface area contributed by atoms with Gasteiger partial charge in [0.25, 0.3) is 11.8 Å². The van der Waals surface area contributed by atoms with Crippen LogP contribution in [0, 0.1) is 0 Å². The monoisotopic (exact) mass is 422 g/mol. The van der Waals surface area contributed by atoms with Crippen molar-refractivity contribution in [3.05, 3.63) is 60.2 Å². The first-order valence-electron chi connectivity index (χ1n) is 10.9. The lowest BCUT2D eigenvalue weighted by Gasteiger charge is -2.34. The van der Waals surface area contributed by atoms with Crippen molar-refractivity contribution in [2.24, 2.45) is 0 Å². The zero-order valence-corrected chi connectivity index (χ0v) is 17.8. The molecule has 2 aliphatic heterocycles. The molecule has 2 aromatic carbocycles. The van der Waals surface area contributed by atoms with E-state index in [-0.39, 0.29) is 24.1 Å². The summed E-state index contributed by atoms with van der Waals surface area (Å²) in [6.07, 6.45) is 1.12. The Labute approximate surface area is 182 Å². The molecule has 0 aliphatic carbocycles. The second kappa shape index (κ2) is 9.31. The normalized spacial score (nSPS) is 19.7. The van der Waals surface area contributed by atoms with Gasteiger partial charge in [-0.3, -0.25) is 14.4 Å². The molecule has 1 atom stereocenters. The molecule has 0 unspecified atom stereocenters. The molecule has 31 heavy (non-hydrogen) atoms. The quantitative estimate of drug-likeness (QED) is 0.709. The number of anilines is 1. The molecule has 2 heterocycles. The highest BCUT2D eigenvalue weighted by atomic mass is 16.5. The molecule has 4 rings (SSSR count). The van der Waals surface area contributed by atoms with Crippen molar-refractivity contribution in [1.29, 1.82) is 0 Å². The van der Waals surface area contributed by atoms with E-state index in [1.165, 1.54) is 4.90 Å².